The Labute approximate surface area is 179 Å². The molecule has 7 heteroatoms. The lowest BCUT2D eigenvalue weighted by molar-refractivity contribution is 0.0951. The number of hydrogen-bond donors (Lipinski definition) is 2. The highest BCUT2D eigenvalue weighted by Crippen LogP contribution is 2.17. The summed E-state index contributed by atoms with van der Waals surface area (Å²) in [5, 5.41) is 7.57. The summed E-state index contributed by atoms with van der Waals surface area (Å²) in [7, 11) is 1.50. The molecule has 0 heterocycles. The van der Waals surface area contributed by atoms with Crippen molar-refractivity contribution >= 4 is 34.8 Å². The zero-order chi connectivity index (χ0) is 21.5. The van der Waals surface area contributed by atoms with Gasteiger partial charge in [0, 0.05) is 16.3 Å². The second kappa shape index (κ2) is 9.71. The molecule has 3 aromatic rings. The third-order valence-corrected chi connectivity index (χ3v) is 4.57. The molecule has 0 bridgehead atoms. The van der Waals surface area contributed by atoms with E-state index in [1.54, 1.807) is 73.7 Å². The van der Waals surface area contributed by atoms with Gasteiger partial charge in [0.1, 0.15) is 5.75 Å². The number of benzene rings is 3. The van der Waals surface area contributed by atoms with Crippen LogP contribution in [0.5, 0.6) is 5.75 Å². The van der Waals surface area contributed by atoms with E-state index in [-0.39, 0.29) is 11.8 Å². The summed E-state index contributed by atoms with van der Waals surface area (Å²) in [6.45, 7) is 1.77. The van der Waals surface area contributed by atoms with Gasteiger partial charge in [-0.05, 0) is 61.0 Å². The molecule has 0 radical (unpaired) electrons. The summed E-state index contributed by atoms with van der Waals surface area (Å²) in [4.78, 5) is 24.8. The van der Waals surface area contributed by atoms with Gasteiger partial charge >= 0.3 is 0 Å². The van der Waals surface area contributed by atoms with Crippen molar-refractivity contribution in [1.82, 2.24) is 5.43 Å². The lowest BCUT2D eigenvalue weighted by Crippen LogP contribution is -2.20. The molecule has 0 unspecified atom stereocenters. The summed E-state index contributed by atoms with van der Waals surface area (Å²) >= 11 is 5.86. The van der Waals surface area contributed by atoms with Crippen LogP contribution in [0.3, 0.4) is 0 Å². The molecule has 0 atom stereocenters. The van der Waals surface area contributed by atoms with Crippen LogP contribution >= 0.6 is 11.6 Å². The highest BCUT2D eigenvalue weighted by atomic mass is 35.5. The average Bonchev–Trinajstić information content (AvgIpc) is 2.77. The number of amides is 2. The second-order valence-corrected chi connectivity index (χ2v) is 6.82. The average molecular weight is 422 g/mol. The number of nitrogens with one attached hydrogen (secondary N) is 2. The van der Waals surface area contributed by atoms with Crippen LogP contribution in [0, 0.1) is 0 Å². The zero-order valence-corrected chi connectivity index (χ0v) is 17.2. The topological polar surface area (TPSA) is 79.8 Å². The van der Waals surface area contributed by atoms with Gasteiger partial charge in [0.2, 0.25) is 0 Å². The fourth-order valence-corrected chi connectivity index (χ4v) is 2.84. The molecule has 0 aromatic heterocycles. The first-order valence-electron chi connectivity index (χ1n) is 9.13. The van der Waals surface area contributed by atoms with E-state index in [1.807, 2.05) is 6.07 Å². The largest absolute Gasteiger partial charge is 0.496 e. The highest BCUT2D eigenvalue weighted by Gasteiger charge is 2.11. The van der Waals surface area contributed by atoms with Crippen molar-refractivity contribution < 1.29 is 14.3 Å². The Morgan fingerprint density at radius 3 is 2.37 bits per heavy atom. The van der Waals surface area contributed by atoms with Crippen molar-refractivity contribution in [2.24, 2.45) is 5.10 Å². The minimum absolute atomic E-state index is 0.247. The van der Waals surface area contributed by atoms with Crippen molar-refractivity contribution in [3.05, 3.63) is 94.5 Å². The van der Waals surface area contributed by atoms with Gasteiger partial charge in [0.25, 0.3) is 11.8 Å². The smallest absolute Gasteiger partial charge is 0.275 e. The third-order valence-electron chi connectivity index (χ3n) is 4.32. The Hall–Kier alpha value is -3.64. The van der Waals surface area contributed by atoms with Gasteiger partial charge in [-0.1, -0.05) is 35.9 Å². The lowest BCUT2D eigenvalue weighted by atomic mass is 10.1. The van der Waals surface area contributed by atoms with E-state index in [2.05, 4.69) is 15.8 Å². The van der Waals surface area contributed by atoms with Crippen LogP contribution in [0.15, 0.2) is 77.9 Å². The van der Waals surface area contributed by atoms with Crippen LogP contribution in [0.25, 0.3) is 0 Å². The predicted molar refractivity (Wildman–Crippen MR) is 119 cm³/mol. The fourth-order valence-electron chi connectivity index (χ4n) is 2.72. The number of para-hydroxylation sites is 1. The van der Waals surface area contributed by atoms with Gasteiger partial charge in [-0.2, -0.15) is 5.10 Å². The number of hydrogen-bond acceptors (Lipinski definition) is 4. The lowest BCUT2D eigenvalue weighted by Gasteiger charge is -2.09. The van der Waals surface area contributed by atoms with Crippen molar-refractivity contribution in [3.63, 3.8) is 0 Å². The predicted octanol–water partition coefficient (Wildman–Crippen LogP) is 4.75. The van der Waals surface area contributed by atoms with E-state index >= 15 is 0 Å². The molecule has 2 N–H and O–H groups in total. The Kier molecular flexibility index (Phi) is 6.83. The fraction of sp³-hybridized carbons (Fsp3) is 0.0870. The van der Waals surface area contributed by atoms with Crippen LogP contribution in [0.1, 0.15) is 33.2 Å². The first kappa shape index (κ1) is 21.1. The Morgan fingerprint density at radius 2 is 1.63 bits per heavy atom. The second-order valence-electron chi connectivity index (χ2n) is 6.38. The number of carbonyl (C=O) groups excluding carboxylic acids is 2. The number of ether oxygens (including phenoxy) is 1. The van der Waals surface area contributed by atoms with Crippen LogP contribution in [0.4, 0.5) is 5.69 Å². The summed E-state index contributed by atoms with van der Waals surface area (Å²) in [5.41, 5.74) is 5.37. The molecule has 0 aliphatic rings. The van der Waals surface area contributed by atoms with Crippen LogP contribution in [-0.2, 0) is 0 Å². The van der Waals surface area contributed by atoms with Crippen LogP contribution in [0.2, 0.25) is 5.02 Å². The number of carbonyl (C=O) groups is 2. The summed E-state index contributed by atoms with van der Waals surface area (Å²) in [6.07, 6.45) is 0. The van der Waals surface area contributed by atoms with Gasteiger partial charge < -0.3 is 10.1 Å². The summed E-state index contributed by atoms with van der Waals surface area (Å²) in [6, 6.07) is 20.7. The Morgan fingerprint density at radius 1 is 0.900 bits per heavy atom. The molecule has 3 rings (SSSR count). The number of anilines is 1. The molecule has 0 spiro atoms. The minimum Gasteiger partial charge on any atom is -0.496 e. The van der Waals surface area contributed by atoms with E-state index in [1.165, 1.54) is 7.11 Å². The molecular formula is C23H20ClN3O3. The van der Waals surface area contributed by atoms with Crippen LogP contribution < -0.4 is 15.5 Å². The summed E-state index contributed by atoms with van der Waals surface area (Å²) < 4.78 is 5.20. The van der Waals surface area contributed by atoms with E-state index in [9.17, 15) is 9.59 Å². The third kappa shape index (κ3) is 5.24. The number of halogens is 1. The molecule has 3 aromatic carbocycles. The maximum absolute atomic E-state index is 12.4. The van der Waals surface area contributed by atoms with E-state index in [4.69, 9.17) is 16.3 Å². The van der Waals surface area contributed by atoms with Crippen molar-refractivity contribution in [2.45, 2.75) is 6.92 Å². The molecule has 0 fully saturated rings. The van der Waals surface area contributed by atoms with Gasteiger partial charge in [-0.3, -0.25) is 9.59 Å². The van der Waals surface area contributed by atoms with Crippen molar-refractivity contribution in [1.29, 1.82) is 0 Å². The molecule has 2 amide bonds. The molecule has 0 aliphatic heterocycles. The quantitative estimate of drug-likeness (QED) is 0.445. The maximum Gasteiger partial charge on any atom is 0.275 e. The highest BCUT2D eigenvalue weighted by molar-refractivity contribution is 6.30. The molecule has 0 aliphatic carbocycles. The standard InChI is InChI=1S/C23H20ClN3O3/c1-15(26-27-23(29)20-8-3-4-9-21(20)30-2)17-6-5-7-19(14-17)25-22(28)16-10-12-18(24)13-11-16/h3-14H,1-2H3,(H,25,28)(H,27,29)/b26-15+. The van der Waals surface area contributed by atoms with Gasteiger partial charge in [-0.15, -0.1) is 0 Å². The van der Waals surface area contributed by atoms with E-state index in [0.717, 1.165) is 5.56 Å². The van der Waals surface area contributed by atoms with Crippen molar-refractivity contribution in [2.75, 3.05) is 12.4 Å². The molecule has 0 saturated carbocycles. The monoisotopic (exact) mass is 421 g/mol. The SMILES string of the molecule is COc1ccccc1C(=O)N/N=C(\C)c1cccc(NC(=O)c2ccc(Cl)cc2)c1. The zero-order valence-electron chi connectivity index (χ0n) is 16.5. The number of hydrazone groups is 1. The van der Waals surface area contributed by atoms with Crippen LogP contribution in [-0.4, -0.2) is 24.6 Å². The molecular weight excluding hydrogens is 402 g/mol. The van der Waals surface area contributed by atoms with E-state index < -0.39 is 0 Å². The number of rotatable bonds is 6. The van der Waals surface area contributed by atoms with Gasteiger partial charge in [0.05, 0.1) is 18.4 Å². The number of nitrogens with zero attached hydrogens (tertiary/aromatic N) is 1. The summed E-state index contributed by atoms with van der Waals surface area (Å²) in [5.74, 6) is -0.156. The molecule has 30 heavy (non-hydrogen) atoms. The minimum atomic E-state index is -0.376. The van der Waals surface area contributed by atoms with Crippen molar-refractivity contribution in [3.8, 4) is 5.75 Å². The molecule has 0 saturated heterocycles. The maximum atomic E-state index is 12.4. The number of methoxy groups -OCH3 is 1. The first-order chi connectivity index (χ1) is 14.5. The van der Waals surface area contributed by atoms with Gasteiger partial charge in [-0.25, -0.2) is 5.43 Å². The normalized spacial score (nSPS) is 11.0. The Bertz CT molecular complexity index is 1090. The first-order valence-corrected chi connectivity index (χ1v) is 9.50. The molecule has 6 nitrogen and oxygen atoms in total. The molecule has 152 valence electrons. The van der Waals surface area contributed by atoms with Gasteiger partial charge in [0.15, 0.2) is 0 Å². The Balaban J connectivity index is 1.70. The van der Waals surface area contributed by atoms with E-state index in [0.29, 0.717) is 33.3 Å².